The molecule has 1 saturated heterocycles. The summed E-state index contributed by atoms with van der Waals surface area (Å²) in [5.74, 6) is 0.739. The zero-order valence-electron chi connectivity index (χ0n) is 13.2. The van der Waals surface area contributed by atoms with E-state index in [-0.39, 0.29) is 0 Å². The molecular formula is C17H28N2O. The number of methoxy groups -OCH3 is 1. The highest BCUT2D eigenvalue weighted by molar-refractivity contribution is 5.50. The maximum atomic E-state index is 5.24. The van der Waals surface area contributed by atoms with Crippen molar-refractivity contribution in [3.63, 3.8) is 0 Å². The molecule has 1 aromatic carbocycles. The minimum atomic E-state index is 0.538. The molecule has 3 heteroatoms. The Balaban J connectivity index is 2.10. The fourth-order valence-electron chi connectivity index (χ4n) is 3.01. The summed E-state index contributed by atoms with van der Waals surface area (Å²) >= 11 is 0. The molecule has 1 heterocycles. The predicted molar refractivity (Wildman–Crippen MR) is 85.2 cm³/mol. The summed E-state index contributed by atoms with van der Waals surface area (Å²) in [5.41, 5.74) is 2.57. The smallest absolute Gasteiger partial charge is 0.0713 e. The topological polar surface area (TPSA) is 24.5 Å². The third-order valence-electron chi connectivity index (χ3n) is 3.96. The maximum absolute atomic E-state index is 5.24. The number of nitrogens with zero attached hydrogens (tertiary/aromatic N) is 1. The molecule has 1 aliphatic rings. The van der Waals surface area contributed by atoms with Gasteiger partial charge < -0.3 is 15.0 Å². The van der Waals surface area contributed by atoms with E-state index in [4.69, 9.17) is 4.74 Å². The molecule has 2 unspecified atom stereocenters. The van der Waals surface area contributed by atoms with Gasteiger partial charge in [-0.2, -0.15) is 0 Å². The summed E-state index contributed by atoms with van der Waals surface area (Å²) in [7, 11) is 1.75. The van der Waals surface area contributed by atoms with Gasteiger partial charge >= 0.3 is 0 Å². The van der Waals surface area contributed by atoms with Gasteiger partial charge in [-0.3, -0.25) is 0 Å². The van der Waals surface area contributed by atoms with Crippen LogP contribution in [-0.2, 0) is 11.3 Å². The summed E-state index contributed by atoms with van der Waals surface area (Å²) in [5, 5.41) is 3.67. The van der Waals surface area contributed by atoms with E-state index in [1.54, 1.807) is 7.11 Å². The van der Waals surface area contributed by atoms with Crippen molar-refractivity contribution in [1.29, 1.82) is 0 Å². The lowest BCUT2D eigenvalue weighted by Crippen LogP contribution is -2.56. The molecule has 2 rings (SSSR count). The highest BCUT2D eigenvalue weighted by atomic mass is 16.5. The number of benzene rings is 1. The Morgan fingerprint density at radius 3 is 2.90 bits per heavy atom. The Bertz CT molecular complexity index is 419. The third kappa shape index (κ3) is 3.97. The van der Waals surface area contributed by atoms with E-state index in [0.717, 1.165) is 19.0 Å². The molecule has 2 atom stereocenters. The molecule has 3 nitrogen and oxygen atoms in total. The van der Waals surface area contributed by atoms with Crippen LogP contribution in [0.15, 0.2) is 24.3 Å². The van der Waals surface area contributed by atoms with E-state index in [0.29, 0.717) is 18.7 Å². The van der Waals surface area contributed by atoms with Crippen LogP contribution in [0.2, 0.25) is 0 Å². The van der Waals surface area contributed by atoms with Crippen molar-refractivity contribution in [2.24, 2.45) is 5.92 Å². The summed E-state index contributed by atoms with van der Waals surface area (Å²) < 4.78 is 5.24. The van der Waals surface area contributed by atoms with Gasteiger partial charge in [-0.1, -0.05) is 26.0 Å². The number of anilines is 1. The summed E-state index contributed by atoms with van der Waals surface area (Å²) in [6.07, 6.45) is 1.24. The number of ether oxygens (including phenoxy) is 1. The minimum absolute atomic E-state index is 0.538. The average molecular weight is 276 g/mol. The highest BCUT2D eigenvalue weighted by Gasteiger charge is 2.25. The van der Waals surface area contributed by atoms with Gasteiger partial charge in [0, 0.05) is 38.0 Å². The van der Waals surface area contributed by atoms with Crippen LogP contribution in [0.25, 0.3) is 0 Å². The Kier molecular flexibility index (Phi) is 5.44. The first-order valence-electron chi connectivity index (χ1n) is 7.68. The van der Waals surface area contributed by atoms with Crippen LogP contribution in [-0.4, -0.2) is 32.3 Å². The van der Waals surface area contributed by atoms with Crippen molar-refractivity contribution in [2.45, 2.75) is 45.9 Å². The van der Waals surface area contributed by atoms with Crippen LogP contribution in [0.1, 0.15) is 32.8 Å². The Labute approximate surface area is 123 Å². The van der Waals surface area contributed by atoms with Crippen molar-refractivity contribution >= 4 is 5.69 Å². The first kappa shape index (κ1) is 15.3. The van der Waals surface area contributed by atoms with Gasteiger partial charge in [0.15, 0.2) is 0 Å². The molecule has 1 aliphatic heterocycles. The van der Waals surface area contributed by atoms with Crippen LogP contribution >= 0.6 is 0 Å². The molecule has 20 heavy (non-hydrogen) atoms. The molecule has 0 aromatic heterocycles. The van der Waals surface area contributed by atoms with Gasteiger partial charge in [0.25, 0.3) is 0 Å². The second-order valence-corrected chi connectivity index (χ2v) is 6.34. The fourth-order valence-corrected chi connectivity index (χ4v) is 3.01. The van der Waals surface area contributed by atoms with Crippen LogP contribution in [0.4, 0.5) is 5.69 Å². The molecule has 1 aromatic rings. The molecule has 0 radical (unpaired) electrons. The minimum Gasteiger partial charge on any atom is -0.380 e. The molecule has 112 valence electrons. The zero-order chi connectivity index (χ0) is 14.5. The van der Waals surface area contributed by atoms with E-state index in [1.807, 2.05) is 0 Å². The van der Waals surface area contributed by atoms with Crippen molar-refractivity contribution in [2.75, 3.05) is 25.1 Å². The van der Waals surface area contributed by atoms with Gasteiger partial charge in [0.05, 0.1) is 6.61 Å². The number of nitrogens with one attached hydrogen (secondary N) is 1. The lowest BCUT2D eigenvalue weighted by atomic mass is 9.99. The quantitative estimate of drug-likeness (QED) is 0.894. The average Bonchev–Trinajstić information content (AvgIpc) is 2.41. The largest absolute Gasteiger partial charge is 0.380 e. The maximum Gasteiger partial charge on any atom is 0.0713 e. The monoisotopic (exact) mass is 276 g/mol. The number of hydrogen-bond acceptors (Lipinski definition) is 3. The molecule has 0 bridgehead atoms. The van der Waals surface area contributed by atoms with Crippen LogP contribution in [0.3, 0.4) is 0 Å². The van der Waals surface area contributed by atoms with Gasteiger partial charge in [-0.15, -0.1) is 0 Å². The van der Waals surface area contributed by atoms with E-state index in [2.05, 4.69) is 55.3 Å². The zero-order valence-corrected chi connectivity index (χ0v) is 13.2. The van der Waals surface area contributed by atoms with E-state index < -0.39 is 0 Å². The summed E-state index contributed by atoms with van der Waals surface area (Å²) in [4.78, 5) is 2.53. The third-order valence-corrected chi connectivity index (χ3v) is 3.96. The Hall–Kier alpha value is -1.06. The van der Waals surface area contributed by atoms with Crippen molar-refractivity contribution in [3.8, 4) is 0 Å². The second-order valence-electron chi connectivity index (χ2n) is 6.34. The standard InChI is InChI=1S/C17H28N2O/c1-13(2)8-16-11-19(14(3)10-18-16)17-7-5-6-15(9-17)12-20-4/h5-7,9,13-14,16,18H,8,10-12H2,1-4H3. The second kappa shape index (κ2) is 7.09. The SMILES string of the molecule is COCc1cccc(N2CC(CC(C)C)NCC2C)c1. The van der Waals surface area contributed by atoms with E-state index in [1.165, 1.54) is 17.7 Å². The molecule has 0 spiro atoms. The molecule has 0 amide bonds. The number of hydrogen-bond donors (Lipinski definition) is 1. The van der Waals surface area contributed by atoms with Gasteiger partial charge in [-0.25, -0.2) is 0 Å². The van der Waals surface area contributed by atoms with Gasteiger partial charge in [0.1, 0.15) is 0 Å². The Morgan fingerprint density at radius 1 is 1.40 bits per heavy atom. The van der Waals surface area contributed by atoms with Crippen LogP contribution in [0, 0.1) is 5.92 Å². The van der Waals surface area contributed by atoms with E-state index >= 15 is 0 Å². The molecular weight excluding hydrogens is 248 g/mol. The first-order valence-corrected chi connectivity index (χ1v) is 7.68. The summed E-state index contributed by atoms with van der Waals surface area (Å²) in [6.45, 7) is 9.72. The van der Waals surface area contributed by atoms with Crippen LogP contribution < -0.4 is 10.2 Å². The van der Waals surface area contributed by atoms with Crippen LogP contribution in [0.5, 0.6) is 0 Å². The number of rotatable bonds is 5. The summed E-state index contributed by atoms with van der Waals surface area (Å²) in [6, 6.07) is 9.88. The molecule has 0 saturated carbocycles. The molecule has 1 N–H and O–H groups in total. The lowest BCUT2D eigenvalue weighted by molar-refractivity contribution is 0.185. The van der Waals surface area contributed by atoms with E-state index in [9.17, 15) is 0 Å². The normalized spacial score (nSPS) is 23.4. The van der Waals surface area contributed by atoms with Gasteiger partial charge in [-0.05, 0) is 37.0 Å². The molecule has 1 fully saturated rings. The van der Waals surface area contributed by atoms with Crippen molar-refractivity contribution in [3.05, 3.63) is 29.8 Å². The van der Waals surface area contributed by atoms with Crippen molar-refractivity contribution < 1.29 is 4.74 Å². The Morgan fingerprint density at radius 2 is 2.20 bits per heavy atom. The fraction of sp³-hybridized carbons (Fsp3) is 0.647. The number of piperazine rings is 1. The van der Waals surface area contributed by atoms with Crippen molar-refractivity contribution in [1.82, 2.24) is 5.32 Å². The van der Waals surface area contributed by atoms with Gasteiger partial charge in [0.2, 0.25) is 0 Å². The lowest BCUT2D eigenvalue weighted by Gasteiger charge is -2.41. The molecule has 0 aliphatic carbocycles. The predicted octanol–water partition coefficient (Wildman–Crippen LogP) is 3.05. The first-order chi connectivity index (χ1) is 9.60. The highest BCUT2D eigenvalue weighted by Crippen LogP contribution is 2.23.